The van der Waals surface area contributed by atoms with E-state index in [4.69, 9.17) is 4.74 Å². The molecule has 0 fully saturated rings. The molecule has 3 nitrogen and oxygen atoms in total. The van der Waals surface area contributed by atoms with Crippen molar-refractivity contribution in [2.45, 2.75) is 64.0 Å². The minimum atomic E-state index is -3.06. The SMILES string of the molecule is C=C(C)C(=O)OCCCCCCCCCC(F)(F)P=O. The second kappa shape index (κ2) is 10.9. The van der Waals surface area contributed by atoms with Crippen LogP contribution in [-0.4, -0.2) is 18.2 Å². The normalized spacial score (nSPS) is 11.6. The highest BCUT2D eigenvalue weighted by Crippen LogP contribution is 2.32. The summed E-state index contributed by atoms with van der Waals surface area (Å²) in [6.07, 6.45) is 5.47. The smallest absolute Gasteiger partial charge is 0.333 e. The molecule has 0 saturated heterocycles. The summed E-state index contributed by atoms with van der Waals surface area (Å²) in [6, 6.07) is 0. The summed E-state index contributed by atoms with van der Waals surface area (Å²) >= 11 is 0. The Morgan fingerprint density at radius 2 is 1.60 bits per heavy atom. The maximum Gasteiger partial charge on any atom is 0.333 e. The highest BCUT2D eigenvalue weighted by atomic mass is 31.1. The van der Waals surface area contributed by atoms with Crippen LogP contribution in [0.4, 0.5) is 8.78 Å². The van der Waals surface area contributed by atoms with E-state index < -0.39 is 14.1 Å². The van der Waals surface area contributed by atoms with Crippen molar-refractivity contribution >= 4 is 14.4 Å². The van der Waals surface area contributed by atoms with Gasteiger partial charge in [-0.25, -0.2) is 4.79 Å². The standard InChI is InChI=1S/C14H23F2O3P/c1-12(2)13(17)19-11-9-7-5-3-4-6-8-10-14(15,16)20-18/h1,3-11H2,2H3. The second-order valence-electron chi connectivity index (χ2n) is 4.90. The molecule has 0 rings (SSSR count). The van der Waals surface area contributed by atoms with Crippen LogP contribution in [0.15, 0.2) is 12.2 Å². The first-order valence-electron chi connectivity index (χ1n) is 6.94. The Balaban J connectivity index is 3.27. The molecule has 0 aromatic carbocycles. The molecule has 6 heteroatoms. The third kappa shape index (κ3) is 11.0. The first kappa shape index (κ1) is 19.2. The highest BCUT2D eigenvalue weighted by molar-refractivity contribution is 7.25. The predicted molar refractivity (Wildman–Crippen MR) is 75.3 cm³/mol. The summed E-state index contributed by atoms with van der Waals surface area (Å²) in [5, 5.41) is 0. The van der Waals surface area contributed by atoms with Crippen LogP contribution in [0.2, 0.25) is 0 Å². The fraction of sp³-hybridized carbons (Fsp3) is 0.786. The number of hydrogen-bond donors (Lipinski definition) is 0. The first-order chi connectivity index (χ1) is 9.39. The van der Waals surface area contributed by atoms with Gasteiger partial charge in [-0.3, -0.25) is 4.57 Å². The van der Waals surface area contributed by atoms with E-state index in [1.54, 1.807) is 6.92 Å². The lowest BCUT2D eigenvalue weighted by Gasteiger charge is -2.07. The van der Waals surface area contributed by atoms with Crippen molar-refractivity contribution in [3.05, 3.63) is 12.2 Å². The molecule has 0 aliphatic rings. The quantitative estimate of drug-likeness (QED) is 0.218. The summed E-state index contributed by atoms with van der Waals surface area (Å²) in [5.41, 5.74) is -2.66. The first-order valence-corrected chi connectivity index (χ1v) is 7.75. The van der Waals surface area contributed by atoms with Gasteiger partial charge in [0.15, 0.2) is 0 Å². The molecule has 0 aromatic rings. The molecule has 0 radical (unpaired) electrons. The molecular formula is C14H23F2O3P. The molecule has 0 bridgehead atoms. The van der Waals surface area contributed by atoms with E-state index in [0.717, 1.165) is 38.5 Å². The molecule has 20 heavy (non-hydrogen) atoms. The summed E-state index contributed by atoms with van der Waals surface area (Å²) in [6.45, 7) is 5.50. The van der Waals surface area contributed by atoms with Gasteiger partial charge in [-0.2, -0.15) is 8.78 Å². The molecule has 0 aromatic heterocycles. The monoisotopic (exact) mass is 308 g/mol. The predicted octanol–water partition coefficient (Wildman–Crippen LogP) is 5.11. The number of rotatable bonds is 12. The highest BCUT2D eigenvalue weighted by Gasteiger charge is 2.28. The van der Waals surface area contributed by atoms with Gasteiger partial charge in [0, 0.05) is 12.0 Å². The number of carbonyl (C=O) groups excluding carboxylic acids is 1. The summed E-state index contributed by atoms with van der Waals surface area (Å²) < 4.78 is 40.3. The van der Waals surface area contributed by atoms with Gasteiger partial charge in [-0.05, 0) is 19.8 Å². The molecule has 0 aliphatic heterocycles. The molecule has 0 amide bonds. The van der Waals surface area contributed by atoms with Crippen LogP contribution in [0.25, 0.3) is 0 Å². The van der Waals surface area contributed by atoms with Gasteiger partial charge in [-0.15, -0.1) is 0 Å². The largest absolute Gasteiger partial charge is 0.462 e. The fourth-order valence-electron chi connectivity index (χ4n) is 1.66. The lowest BCUT2D eigenvalue weighted by Crippen LogP contribution is -2.06. The fourth-order valence-corrected chi connectivity index (χ4v) is 1.91. The second-order valence-corrected chi connectivity index (χ2v) is 5.74. The van der Waals surface area contributed by atoms with Crippen LogP contribution in [-0.2, 0) is 14.1 Å². The minimum Gasteiger partial charge on any atom is -0.462 e. The van der Waals surface area contributed by atoms with Crippen LogP contribution >= 0.6 is 8.46 Å². The number of unbranched alkanes of at least 4 members (excludes halogenated alkanes) is 6. The van der Waals surface area contributed by atoms with E-state index in [2.05, 4.69) is 6.58 Å². The minimum absolute atomic E-state index is 0.311. The Morgan fingerprint density at radius 3 is 2.10 bits per heavy atom. The molecular weight excluding hydrogens is 285 g/mol. The molecule has 0 N–H and O–H groups in total. The zero-order valence-corrected chi connectivity index (χ0v) is 12.9. The summed E-state index contributed by atoms with van der Waals surface area (Å²) in [5.74, 6) is -0.358. The lowest BCUT2D eigenvalue weighted by molar-refractivity contribution is -0.139. The topological polar surface area (TPSA) is 43.4 Å². The average Bonchev–Trinajstić information content (AvgIpc) is 2.40. The Bertz CT molecular complexity index is 320. The third-order valence-electron chi connectivity index (χ3n) is 2.84. The number of esters is 1. The molecule has 116 valence electrons. The molecule has 0 spiro atoms. The van der Waals surface area contributed by atoms with Gasteiger partial charge in [0.05, 0.1) is 6.61 Å². The van der Waals surface area contributed by atoms with E-state index in [1.807, 2.05) is 0 Å². The van der Waals surface area contributed by atoms with E-state index in [9.17, 15) is 18.1 Å². The Morgan fingerprint density at radius 1 is 1.10 bits per heavy atom. The Labute approximate surface area is 121 Å². The van der Waals surface area contributed by atoms with E-state index in [0.29, 0.717) is 18.6 Å². The van der Waals surface area contributed by atoms with Crippen molar-refractivity contribution in [1.29, 1.82) is 0 Å². The van der Waals surface area contributed by atoms with Crippen molar-refractivity contribution in [1.82, 2.24) is 0 Å². The number of ether oxygens (including phenoxy) is 1. The van der Waals surface area contributed by atoms with Crippen LogP contribution in [0.5, 0.6) is 0 Å². The summed E-state index contributed by atoms with van der Waals surface area (Å²) in [4.78, 5) is 11.0. The average molecular weight is 308 g/mol. The summed E-state index contributed by atoms with van der Waals surface area (Å²) in [7, 11) is -1.08. The number of hydrogen-bond acceptors (Lipinski definition) is 3. The van der Waals surface area contributed by atoms with E-state index >= 15 is 0 Å². The van der Waals surface area contributed by atoms with Gasteiger partial charge in [-0.1, -0.05) is 38.7 Å². The maximum absolute atomic E-state index is 12.6. The van der Waals surface area contributed by atoms with Gasteiger partial charge in [0.25, 0.3) is 0 Å². The maximum atomic E-state index is 12.6. The van der Waals surface area contributed by atoms with E-state index in [1.165, 1.54) is 0 Å². The Hall–Kier alpha value is -0.830. The van der Waals surface area contributed by atoms with Gasteiger partial charge >= 0.3 is 11.6 Å². The van der Waals surface area contributed by atoms with Crippen LogP contribution < -0.4 is 0 Å². The number of halogens is 2. The third-order valence-corrected chi connectivity index (χ3v) is 3.33. The van der Waals surface area contributed by atoms with Crippen molar-refractivity contribution in [3.63, 3.8) is 0 Å². The molecule has 0 heterocycles. The lowest BCUT2D eigenvalue weighted by atomic mass is 10.1. The zero-order valence-electron chi connectivity index (χ0n) is 12.0. The van der Waals surface area contributed by atoms with Crippen LogP contribution in [0.3, 0.4) is 0 Å². The van der Waals surface area contributed by atoms with Crippen molar-refractivity contribution in [2.75, 3.05) is 6.61 Å². The van der Waals surface area contributed by atoms with E-state index in [-0.39, 0.29) is 12.4 Å². The van der Waals surface area contributed by atoms with Gasteiger partial charge in [0.2, 0.25) is 8.46 Å². The number of carbonyl (C=O) groups is 1. The van der Waals surface area contributed by atoms with Crippen LogP contribution in [0, 0.1) is 0 Å². The molecule has 0 saturated carbocycles. The van der Waals surface area contributed by atoms with Crippen molar-refractivity contribution in [3.8, 4) is 0 Å². The van der Waals surface area contributed by atoms with Gasteiger partial charge in [0.1, 0.15) is 0 Å². The molecule has 0 atom stereocenters. The van der Waals surface area contributed by atoms with Gasteiger partial charge < -0.3 is 4.74 Å². The van der Waals surface area contributed by atoms with Crippen molar-refractivity contribution < 1.29 is 22.9 Å². The Kier molecular flexibility index (Phi) is 10.4. The molecule has 0 aliphatic carbocycles. The number of alkyl halides is 2. The zero-order chi connectivity index (χ0) is 15.4. The van der Waals surface area contributed by atoms with Crippen LogP contribution in [0.1, 0.15) is 58.3 Å². The molecule has 0 unspecified atom stereocenters. The van der Waals surface area contributed by atoms with Crippen molar-refractivity contribution in [2.24, 2.45) is 0 Å².